The van der Waals surface area contributed by atoms with Gasteiger partial charge in [0.05, 0.1) is 22.4 Å². The topological polar surface area (TPSA) is 9.86 Å². The van der Waals surface area contributed by atoms with E-state index in [4.69, 9.17) is 12.2 Å². The highest BCUT2D eigenvalue weighted by atomic mass is 32.1. The number of imidazole rings is 1. The number of benzene rings is 3. The second-order valence-corrected chi connectivity index (χ2v) is 8.30. The molecule has 2 nitrogen and oxygen atoms in total. The van der Waals surface area contributed by atoms with Crippen LogP contribution in [-0.4, -0.2) is 9.13 Å². The van der Waals surface area contributed by atoms with Crippen LogP contribution in [0.15, 0.2) is 48.5 Å². The first-order chi connectivity index (χ1) is 13.3. The number of nitrogens with zero attached hydrogens (tertiary/aromatic N) is 2. The molecule has 0 saturated heterocycles. The van der Waals surface area contributed by atoms with Crippen LogP contribution in [0.3, 0.4) is 0 Å². The molecule has 3 aromatic carbocycles. The van der Waals surface area contributed by atoms with Crippen molar-refractivity contribution in [3.63, 3.8) is 0 Å². The fourth-order valence-corrected chi connectivity index (χ4v) is 5.01. The van der Waals surface area contributed by atoms with E-state index in [9.17, 15) is 0 Å². The zero-order valence-electron chi connectivity index (χ0n) is 17.4. The zero-order valence-corrected chi connectivity index (χ0v) is 18.2. The van der Waals surface area contributed by atoms with Gasteiger partial charge in [0, 0.05) is 0 Å². The predicted octanol–water partition coefficient (Wildman–Crippen LogP) is 7.00. The molecule has 0 unspecified atom stereocenters. The Hall–Kier alpha value is -2.65. The largest absolute Gasteiger partial charge is 0.284 e. The molecule has 1 aromatic heterocycles. The lowest BCUT2D eigenvalue weighted by Crippen LogP contribution is -2.05. The first-order valence-corrected chi connectivity index (χ1v) is 10.1. The van der Waals surface area contributed by atoms with Gasteiger partial charge in [0.25, 0.3) is 0 Å². The molecule has 0 aliphatic rings. The molecule has 0 aliphatic heterocycles. The Balaban J connectivity index is 2.17. The molecule has 0 spiro atoms. The highest BCUT2D eigenvalue weighted by Gasteiger charge is 2.18. The highest BCUT2D eigenvalue weighted by Crippen LogP contribution is 2.32. The van der Waals surface area contributed by atoms with Crippen LogP contribution in [-0.2, 0) is 0 Å². The van der Waals surface area contributed by atoms with Crippen LogP contribution in [0.1, 0.15) is 33.4 Å². The molecule has 3 heteroatoms. The molecular formula is C25H26N2S. The summed E-state index contributed by atoms with van der Waals surface area (Å²) in [5.74, 6) is 0. The maximum Gasteiger partial charge on any atom is 0.190 e. The molecule has 4 aromatic rings. The van der Waals surface area contributed by atoms with Gasteiger partial charge in [-0.25, -0.2) is 0 Å². The van der Waals surface area contributed by atoms with Crippen molar-refractivity contribution < 1.29 is 0 Å². The van der Waals surface area contributed by atoms with Gasteiger partial charge in [-0.05, 0) is 88.1 Å². The summed E-state index contributed by atoms with van der Waals surface area (Å²) in [5, 5.41) is 0. The van der Waals surface area contributed by atoms with E-state index >= 15 is 0 Å². The number of hydrogen-bond donors (Lipinski definition) is 0. The third-order valence-corrected chi connectivity index (χ3v) is 5.83. The standard InChI is InChI=1S/C25H26N2S/c1-15-11-17(3)23(18(4)12-15)26-21-9-7-8-10-22(21)27(25(26)28)24-19(5)13-16(2)14-20(24)6/h7-14H,1-6H3. The number of aryl methyl sites for hydroxylation is 6. The maximum absolute atomic E-state index is 6.09. The quantitative estimate of drug-likeness (QED) is 0.337. The first-order valence-electron chi connectivity index (χ1n) is 9.68. The van der Waals surface area contributed by atoms with Crippen molar-refractivity contribution in [3.8, 4) is 11.4 Å². The van der Waals surface area contributed by atoms with E-state index in [1.165, 1.54) is 44.8 Å². The first kappa shape index (κ1) is 18.7. The Labute approximate surface area is 172 Å². The van der Waals surface area contributed by atoms with Gasteiger partial charge in [-0.2, -0.15) is 0 Å². The Morgan fingerprint density at radius 3 is 1.21 bits per heavy atom. The molecule has 0 atom stereocenters. The average molecular weight is 387 g/mol. The summed E-state index contributed by atoms with van der Waals surface area (Å²) in [6.07, 6.45) is 0. The summed E-state index contributed by atoms with van der Waals surface area (Å²) in [6.45, 7) is 13.0. The van der Waals surface area contributed by atoms with Gasteiger partial charge in [0.15, 0.2) is 4.77 Å². The molecule has 0 radical (unpaired) electrons. The van der Waals surface area contributed by atoms with Gasteiger partial charge in [-0.15, -0.1) is 0 Å². The Bertz CT molecular complexity index is 1140. The lowest BCUT2D eigenvalue weighted by atomic mass is 10.0. The number of hydrogen-bond acceptors (Lipinski definition) is 1. The molecule has 28 heavy (non-hydrogen) atoms. The summed E-state index contributed by atoms with van der Waals surface area (Å²) in [7, 11) is 0. The van der Waals surface area contributed by atoms with Crippen molar-refractivity contribution in [3.05, 3.63) is 86.7 Å². The van der Waals surface area contributed by atoms with Crippen LogP contribution >= 0.6 is 12.2 Å². The van der Waals surface area contributed by atoms with Crippen molar-refractivity contribution in [2.24, 2.45) is 0 Å². The van der Waals surface area contributed by atoms with Crippen LogP contribution in [0, 0.1) is 46.3 Å². The minimum Gasteiger partial charge on any atom is -0.284 e. The summed E-state index contributed by atoms with van der Waals surface area (Å²) >= 11 is 6.09. The van der Waals surface area contributed by atoms with E-state index in [2.05, 4.69) is 99.2 Å². The normalized spacial score (nSPS) is 11.4. The summed E-state index contributed by atoms with van der Waals surface area (Å²) in [5.41, 5.74) is 12.2. The minimum absolute atomic E-state index is 0.811. The van der Waals surface area contributed by atoms with Gasteiger partial charge >= 0.3 is 0 Å². The molecule has 1 heterocycles. The second-order valence-electron chi connectivity index (χ2n) is 7.94. The summed E-state index contributed by atoms with van der Waals surface area (Å²) in [4.78, 5) is 0. The molecular weight excluding hydrogens is 360 g/mol. The van der Waals surface area contributed by atoms with E-state index in [1.54, 1.807) is 0 Å². The summed E-state index contributed by atoms with van der Waals surface area (Å²) < 4.78 is 5.30. The van der Waals surface area contributed by atoms with E-state index in [1.807, 2.05) is 0 Å². The SMILES string of the molecule is Cc1cc(C)c(-n2c(=S)n(-c3c(C)cc(C)cc3C)c3ccccc32)c(C)c1. The van der Waals surface area contributed by atoms with Gasteiger partial charge < -0.3 is 0 Å². The Morgan fingerprint density at radius 1 is 0.571 bits per heavy atom. The third-order valence-electron chi connectivity index (χ3n) is 5.46. The molecule has 0 saturated carbocycles. The van der Waals surface area contributed by atoms with E-state index in [0.29, 0.717) is 0 Å². The van der Waals surface area contributed by atoms with Crippen LogP contribution < -0.4 is 0 Å². The summed E-state index contributed by atoms with van der Waals surface area (Å²) in [6, 6.07) is 17.4. The third kappa shape index (κ3) is 2.82. The fourth-order valence-electron chi connectivity index (χ4n) is 4.63. The van der Waals surface area contributed by atoms with E-state index < -0.39 is 0 Å². The molecule has 0 fully saturated rings. The maximum atomic E-state index is 6.09. The lowest BCUT2D eigenvalue weighted by molar-refractivity contribution is 0.949. The molecule has 142 valence electrons. The number of fused-ring (bicyclic) bond motifs is 1. The van der Waals surface area contributed by atoms with Crippen LogP contribution in [0.2, 0.25) is 0 Å². The van der Waals surface area contributed by atoms with E-state index in [0.717, 1.165) is 15.8 Å². The smallest absolute Gasteiger partial charge is 0.190 e. The molecule has 0 aliphatic carbocycles. The van der Waals surface area contributed by atoms with Gasteiger partial charge in [-0.3, -0.25) is 9.13 Å². The van der Waals surface area contributed by atoms with Gasteiger partial charge in [0.1, 0.15) is 0 Å². The minimum atomic E-state index is 0.811. The molecule has 4 rings (SSSR count). The monoisotopic (exact) mass is 386 g/mol. The van der Waals surface area contributed by atoms with E-state index in [-0.39, 0.29) is 0 Å². The second kappa shape index (κ2) is 6.75. The van der Waals surface area contributed by atoms with Crippen LogP contribution in [0.25, 0.3) is 22.4 Å². The molecule has 0 amide bonds. The number of rotatable bonds is 2. The van der Waals surface area contributed by atoms with Crippen molar-refractivity contribution in [1.29, 1.82) is 0 Å². The number of aromatic nitrogens is 2. The highest BCUT2D eigenvalue weighted by molar-refractivity contribution is 7.71. The zero-order chi connectivity index (χ0) is 20.2. The molecule has 0 N–H and O–H groups in total. The van der Waals surface area contributed by atoms with Crippen LogP contribution in [0.4, 0.5) is 0 Å². The van der Waals surface area contributed by atoms with Gasteiger partial charge in [-0.1, -0.05) is 47.5 Å². The molecule has 0 bridgehead atoms. The lowest BCUT2D eigenvalue weighted by Gasteiger charge is -2.15. The van der Waals surface area contributed by atoms with Crippen molar-refractivity contribution in [2.45, 2.75) is 41.5 Å². The fraction of sp³-hybridized carbons (Fsp3) is 0.240. The Kier molecular flexibility index (Phi) is 4.51. The number of para-hydroxylation sites is 2. The van der Waals surface area contributed by atoms with Crippen molar-refractivity contribution in [1.82, 2.24) is 9.13 Å². The van der Waals surface area contributed by atoms with Crippen LogP contribution in [0.5, 0.6) is 0 Å². The van der Waals surface area contributed by atoms with Gasteiger partial charge in [0.2, 0.25) is 0 Å². The Morgan fingerprint density at radius 2 is 0.893 bits per heavy atom. The predicted molar refractivity (Wildman–Crippen MR) is 122 cm³/mol. The van der Waals surface area contributed by atoms with Crippen molar-refractivity contribution >= 4 is 23.3 Å². The van der Waals surface area contributed by atoms with Crippen molar-refractivity contribution in [2.75, 3.05) is 0 Å². The average Bonchev–Trinajstić information content (AvgIpc) is 2.87.